The number of amides is 1. The van der Waals surface area contributed by atoms with Crippen molar-refractivity contribution in [2.24, 2.45) is 11.7 Å². The second-order valence-corrected chi connectivity index (χ2v) is 6.00. The lowest BCUT2D eigenvalue weighted by Gasteiger charge is -2.36. The number of hydrogen-bond acceptors (Lipinski definition) is 4. The van der Waals surface area contributed by atoms with Crippen LogP contribution in [0.1, 0.15) is 25.3 Å². The maximum atomic E-state index is 12.2. The van der Waals surface area contributed by atoms with E-state index < -0.39 is 0 Å². The zero-order valence-electron chi connectivity index (χ0n) is 12.7. The van der Waals surface area contributed by atoms with Crippen molar-refractivity contribution < 1.29 is 9.90 Å². The lowest BCUT2D eigenvalue weighted by molar-refractivity contribution is -0.120. The SMILES string of the molecule is CC(C(=O)Nc1ccc(CN)cc1)N(C)CC1CC(O)C1. The van der Waals surface area contributed by atoms with Crippen molar-refractivity contribution in [3.8, 4) is 0 Å². The molecule has 4 N–H and O–H groups in total. The van der Waals surface area contributed by atoms with Gasteiger partial charge in [-0.1, -0.05) is 12.1 Å². The third-order valence-corrected chi connectivity index (χ3v) is 4.25. The highest BCUT2D eigenvalue weighted by Gasteiger charge is 2.30. The Kier molecular flexibility index (Phi) is 5.33. The Bertz CT molecular complexity index is 469. The van der Waals surface area contributed by atoms with Crippen molar-refractivity contribution in [3.05, 3.63) is 29.8 Å². The van der Waals surface area contributed by atoms with E-state index in [1.807, 2.05) is 43.1 Å². The topological polar surface area (TPSA) is 78.6 Å². The molecule has 1 aromatic carbocycles. The van der Waals surface area contributed by atoms with E-state index in [0.29, 0.717) is 12.5 Å². The first-order chi connectivity index (χ1) is 9.99. The van der Waals surface area contributed by atoms with Gasteiger partial charge in [0.25, 0.3) is 0 Å². The van der Waals surface area contributed by atoms with Crippen LogP contribution in [0.15, 0.2) is 24.3 Å². The highest BCUT2D eigenvalue weighted by atomic mass is 16.3. The van der Waals surface area contributed by atoms with Gasteiger partial charge in [0.15, 0.2) is 0 Å². The van der Waals surface area contributed by atoms with Crippen LogP contribution in [-0.4, -0.2) is 41.7 Å². The number of rotatable bonds is 6. The summed E-state index contributed by atoms with van der Waals surface area (Å²) in [6.07, 6.45) is 1.55. The molecular weight excluding hydrogens is 266 g/mol. The number of nitrogens with zero attached hydrogens (tertiary/aromatic N) is 1. The molecule has 1 saturated carbocycles. The van der Waals surface area contributed by atoms with Crippen LogP contribution < -0.4 is 11.1 Å². The summed E-state index contributed by atoms with van der Waals surface area (Å²) in [4.78, 5) is 14.3. The molecule has 0 saturated heterocycles. The van der Waals surface area contributed by atoms with Gasteiger partial charge >= 0.3 is 0 Å². The van der Waals surface area contributed by atoms with E-state index >= 15 is 0 Å². The Morgan fingerprint density at radius 1 is 1.43 bits per heavy atom. The zero-order chi connectivity index (χ0) is 15.4. The Labute approximate surface area is 126 Å². The largest absolute Gasteiger partial charge is 0.393 e. The molecule has 0 spiro atoms. The van der Waals surface area contributed by atoms with Gasteiger partial charge < -0.3 is 16.2 Å². The second-order valence-electron chi connectivity index (χ2n) is 6.00. The number of benzene rings is 1. The number of carbonyl (C=O) groups is 1. The Morgan fingerprint density at radius 3 is 2.57 bits per heavy atom. The molecule has 1 aromatic rings. The lowest BCUT2D eigenvalue weighted by Crippen LogP contribution is -2.45. The van der Waals surface area contributed by atoms with Crippen LogP contribution in [0.4, 0.5) is 5.69 Å². The molecule has 5 nitrogen and oxygen atoms in total. The fourth-order valence-electron chi connectivity index (χ4n) is 2.59. The van der Waals surface area contributed by atoms with Gasteiger partial charge in [0, 0.05) is 18.8 Å². The number of anilines is 1. The fraction of sp³-hybridized carbons (Fsp3) is 0.562. The van der Waals surface area contributed by atoms with Crippen molar-refractivity contribution in [2.45, 2.75) is 38.5 Å². The third kappa shape index (κ3) is 4.27. The number of hydrogen-bond donors (Lipinski definition) is 3. The van der Waals surface area contributed by atoms with Crippen molar-refractivity contribution in [1.82, 2.24) is 4.90 Å². The molecule has 1 fully saturated rings. The summed E-state index contributed by atoms with van der Waals surface area (Å²) in [7, 11) is 1.95. The molecule has 1 unspecified atom stereocenters. The molecule has 2 rings (SSSR count). The van der Waals surface area contributed by atoms with E-state index in [0.717, 1.165) is 30.6 Å². The van der Waals surface area contributed by atoms with E-state index in [1.165, 1.54) is 0 Å². The van der Waals surface area contributed by atoms with Crippen LogP contribution in [0.25, 0.3) is 0 Å². The number of aliphatic hydroxyl groups is 1. The number of likely N-dealkylation sites (N-methyl/N-ethyl adjacent to an activating group) is 1. The van der Waals surface area contributed by atoms with Crippen LogP contribution in [0.3, 0.4) is 0 Å². The monoisotopic (exact) mass is 291 g/mol. The van der Waals surface area contributed by atoms with Gasteiger partial charge in [-0.2, -0.15) is 0 Å². The van der Waals surface area contributed by atoms with Crippen LogP contribution in [0, 0.1) is 5.92 Å². The molecule has 116 valence electrons. The predicted octanol–water partition coefficient (Wildman–Crippen LogP) is 1.17. The first-order valence-corrected chi connectivity index (χ1v) is 7.47. The average molecular weight is 291 g/mol. The highest BCUT2D eigenvalue weighted by molar-refractivity contribution is 5.94. The van der Waals surface area contributed by atoms with Gasteiger partial charge in [0.2, 0.25) is 5.91 Å². The molecule has 21 heavy (non-hydrogen) atoms. The predicted molar refractivity (Wildman–Crippen MR) is 83.8 cm³/mol. The normalized spacial score (nSPS) is 22.7. The summed E-state index contributed by atoms with van der Waals surface area (Å²) >= 11 is 0. The molecule has 0 heterocycles. The van der Waals surface area contributed by atoms with Crippen LogP contribution in [0.2, 0.25) is 0 Å². The summed E-state index contributed by atoms with van der Waals surface area (Å²) in [6.45, 7) is 3.25. The molecule has 0 aromatic heterocycles. The quantitative estimate of drug-likeness (QED) is 0.735. The van der Waals surface area contributed by atoms with Crippen LogP contribution >= 0.6 is 0 Å². The van der Waals surface area contributed by atoms with Gasteiger partial charge in [-0.05, 0) is 50.4 Å². The summed E-state index contributed by atoms with van der Waals surface area (Å²) in [6, 6.07) is 7.38. The maximum Gasteiger partial charge on any atom is 0.241 e. The minimum atomic E-state index is -0.197. The van der Waals surface area contributed by atoms with Gasteiger partial charge in [-0.15, -0.1) is 0 Å². The van der Waals surface area contributed by atoms with E-state index in [9.17, 15) is 9.90 Å². The molecule has 1 aliphatic rings. The molecule has 5 heteroatoms. The van der Waals surface area contributed by atoms with Crippen molar-refractivity contribution in [3.63, 3.8) is 0 Å². The molecule has 1 aliphatic carbocycles. The van der Waals surface area contributed by atoms with Crippen LogP contribution in [-0.2, 0) is 11.3 Å². The standard InChI is InChI=1S/C16H25N3O2/c1-11(19(2)10-13-7-15(20)8-13)16(21)18-14-5-3-12(9-17)4-6-14/h3-6,11,13,15,20H,7-10,17H2,1-2H3,(H,18,21). The van der Waals surface area contributed by atoms with Gasteiger partial charge in [0.1, 0.15) is 0 Å². The van der Waals surface area contributed by atoms with Crippen LogP contribution in [0.5, 0.6) is 0 Å². The smallest absolute Gasteiger partial charge is 0.241 e. The molecule has 1 amide bonds. The third-order valence-electron chi connectivity index (χ3n) is 4.25. The van der Waals surface area contributed by atoms with Crippen molar-refractivity contribution in [1.29, 1.82) is 0 Å². The van der Waals surface area contributed by atoms with E-state index in [1.54, 1.807) is 0 Å². The minimum Gasteiger partial charge on any atom is -0.393 e. The summed E-state index contributed by atoms with van der Waals surface area (Å²) < 4.78 is 0. The number of aliphatic hydroxyl groups excluding tert-OH is 1. The van der Waals surface area contributed by atoms with Crippen molar-refractivity contribution in [2.75, 3.05) is 18.9 Å². The molecular formula is C16H25N3O2. The van der Waals surface area contributed by atoms with E-state index in [2.05, 4.69) is 5.32 Å². The lowest BCUT2D eigenvalue weighted by atomic mass is 9.82. The Morgan fingerprint density at radius 2 is 2.05 bits per heavy atom. The number of carbonyl (C=O) groups excluding carboxylic acids is 1. The second kappa shape index (κ2) is 7.02. The van der Waals surface area contributed by atoms with Crippen molar-refractivity contribution >= 4 is 11.6 Å². The molecule has 0 aliphatic heterocycles. The summed E-state index contributed by atoms with van der Waals surface area (Å²) in [5, 5.41) is 12.2. The fourth-order valence-corrected chi connectivity index (χ4v) is 2.59. The summed E-state index contributed by atoms with van der Waals surface area (Å²) in [5.41, 5.74) is 7.38. The first-order valence-electron chi connectivity index (χ1n) is 7.47. The molecule has 0 bridgehead atoms. The average Bonchev–Trinajstić information content (AvgIpc) is 2.45. The highest BCUT2D eigenvalue weighted by Crippen LogP contribution is 2.28. The number of nitrogens with two attached hydrogens (primary N) is 1. The van der Waals surface area contributed by atoms with Gasteiger partial charge in [-0.3, -0.25) is 9.69 Å². The number of nitrogens with one attached hydrogen (secondary N) is 1. The van der Waals surface area contributed by atoms with E-state index in [4.69, 9.17) is 5.73 Å². The maximum absolute atomic E-state index is 12.2. The molecule has 0 radical (unpaired) electrons. The Balaban J connectivity index is 1.83. The van der Waals surface area contributed by atoms with E-state index in [-0.39, 0.29) is 18.1 Å². The molecule has 1 atom stereocenters. The Hall–Kier alpha value is -1.43. The summed E-state index contributed by atoms with van der Waals surface area (Å²) in [5.74, 6) is 0.488. The minimum absolute atomic E-state index is 0.0159. The van der Waals surface area contributed by atoms with Gasteiger partial charge in [-0.25, -0.2) is 0 Å². The zero-order valence-corrected chi connectivity index (χ0v) is 12.7. The first kappa shape index (κ1) is 15.9. The van der Waals surface area contributed by atoms with Gasteiger partial charge in [0.05, 0.1) is 12.1 Å².